The van der Waals surface area contributed by atoms with Crippen LogP contribution in [0.4, 0.5) is 4.79 Å². The topological polar surface area (TPSA) is 144 Å². The van der Waals surface area contributed by atoms with Crippen LogP contribution in [0.2, 0.25) is 0 Å². The Morgan fingerprint density at radius 1 is 0.828 bits per heavy atom. The third-order valence-corrected chi connectivity index (χ3v) is 10.2. The molecule has 4 atom stereocenters. The highest BCUT2D eigenvalue weighted by Crippen LogP contribution is 2.44. The number of carbonyl (C=O) groups excluding carboxylic acids is 4. The zero-order valence-electron chi connectivity index (χ0n) is 33.0. The fraction of sp³-hybridized carbons (Fsp3) is 0.319. The van der Waals surface area contributed by atoms with Gasteiger partial charge in [-0.3, -0.25) is 9.59 Å². The number of nitrogens with one attached hydrogen (secondary N) is 2. The highest BCUT2D eigenvalue weighted by atomic mass is 16.6. The van der Waals surface area contributed by atoms with Crippen molar-refractivity contribution in [2.45, 2.75) is 56.3 Å². The van der Waals surface area contributed by atoms with Gasteiger partial charge in [0.1, 0.15) is 18.8 Å². The molecule has 0 heterocycles. The summed E-state index contributed by atoms with van der Waals surface area (Å²) in [5.41, 5.74) is 5.78. The maximum Gasteiger partial charge on any atom is 0.407 e. The number of aliphatic hydroxyl groups excluding tert-OH is 1. The first kappa shape index (κ1) is 43.1. The first-order valence-corrected chi connectivity index (χ1v) is 19.6. The average Bonchev–Trinajstić information content (AvgIpc) is 3.57. The van der Waals surface area contributed by atoms with E-state index in [1.165, 1.54) is 12.0 Å². The van der Waals surface area contributed by atoms with E-state index in [0.29, 0.717) is 12.0 Å². The molecule has 4 aromatic rings. The molecule has 11 nitrogen and oxygen atoms in total. The molecule has 0 saturated heterocycles. The molecule has 0 saturated carbocycles. The predicted octanol–water partition coefficient (Wildman–Crippen LogP) is 6.88. The van der Waals surface area contributed by atoms with Crippen LogP contribution in [0.1, 0.15) is 60.0 Å². The van der Waals surface area contributed by atoms with Gasteiger partial charge in [0.2, 0.25) is 11.8 Å². The average molecular weight is 788 g/mol. The molecule has 0 aliphatic heterocycles. The number of rotatable bonds is 22. The molecule has 0 aromatic heterocycles. The van der Waals surface area contributed by atoms with Crippen LogP contribution in [-0.4, -0.2) is 79.4 Å². The number of esters is 1. The van der Waals surface area contributed by atoms with E-state index in [1.807, 2.05) is 72.8 Å². The molecule has 11 heteroatoms. The molecule has 3 amide bonds. The molecule has 304 valence electrons. The molecular weight excluding hydrogens is 735 g/mol. The van der Waals surface area contributed by atoms with Crippen molar-refractivity contribution in [2.24, 2.45) is 5.92 Å². The van der Waals surface area contributed by atoms with E-state index >= 15 is 0 Å². The van der Waals surface area contributed by atoms with E-state index in [-0.39, 0.29) is 64.0 Å². The summed E-state index contributed by atoms with van der Waals surface area (Å²) in [5, 5.41) is 15.4. The molecule has 1 aliphatic rings. The van der Waals surface area contributed by atoms with Crippen LogP contribution in [0.25, 0.3) is 11.1 Å². The van der Waals surface area contributed by atoms with E-state index in [0.717, 1.165) is 27.8 Å². The summed E-state index contributed by atoms with van der Waals surface area (Å²) in [6, 6.07) is 32.4. The van der Waals surface area contributed by atoms with Gasteiger partial charge in [-0.1, -0.05) is 121 Å². The molecule has 4 aromatic carbocycles. The number of amides is 3. The lowest BCUT2D eigenvalue weighted by Gasteiger charge is -2.31. The summed E-state index contributed by atoms with van der Waals surface area (Å²) in [4.78, 5) is 56.5. The number of aliphatic hydroxyl groups is 1. The van der Waals surface area contributed by atoms with E-state index < -0.39 is 42.1 Å². The lowest BCUT2D eigenvalue weighted by atomic mass is 9.97. The van der Waals surface area contributed by atoms with Gasteiger partial charge >= 0.3 is 12.1 Å². The second-order valence-electron chi connectivity index (χ2n) is 14.2. The van der Waals surface area contributed by atoms with Crippen molar-refractivity contribution < 1.29 is 38.5 Å². The summed E-state index contributed by atoms with van der Waals surface area (Å²) in [7, 11) is 1.47. The van der Waals surface area contributed by atoms with Gasteiger partial charge in [0.05, 0.1) is 25.2 Å². The smallest absolute Gasteiger partial charge is 0.407 e. The Bertz CT molecular complexity index is 1940. The molecular formula is C47H53N3O8. The molecule has 3 N–H and O–H groups in total. The first-order valence-electron chi connectivity index (χ1n) is 19.6. The Balaban J connectivity index is 1.30. The van der Waals surface area contributed by atoms with Gasteiger partial charge in [-0.05, 0) is 52.6 Å². The number of hydrogen-bond donors (Lipinski definition) is 3. The minimum Gasteiger partial charge on any atom is -0.454 e. The Hall–Kier alpha value is -6.04. The molecule has 0 spiro atoms. The summed E-state index contributed by atoms with van der Waals surface area (Å²) >= 11 is 0. The van der Waals surface area contributed by atoms with Gasteiger partial charge < -0.3 is 34.9 Å². The largest absolute Gasteiger partial charge is 0.454 e. The van der Waals surface area contributed by atoms with Crippen molar-refractivity contribution in [2.75, 3.05) is 33.5 Å². The molecule has 0 fully saturated rings. The van der Waals surface area contributed by atoms with Crippen molar-refractivity contribution in [3.63, 3.8) is 0 Å². The number of allylic oxidation sites excluding steroid dienone is 2. The molecule has 58 heavy (non-hydrogen) atoms. The number of alkyl carbamates (subject to hydrolysis) is 1. The number of fused-ring (bicyclic) bond motifs is 3. The fourth-order valence-electron chi connectivity index (χ4n) is 7.27. The van der Waals surface area contributed by atoms with Crippen molar-refractivity contribution in [3.05, 3.63) is 157 Å². The van der Waals surface area contributed by atoms with Gasteiger partial charge in [0, 0.05) is 32.5 Å². The van der Waals surface area contributed by atoms with Crippen LogP contribution in [0.3, 0.4) is 0 Å². The third kappa shape index (κ3) is 11.5. The number of ether oxygens (including phenoxy) is 3. The molecule has 0 bridgehead atoms. The summed E-state index contributed by atoms with van der Waals surface area (Å²) < 4.78 is 17.5. The van der Waals surface area contributed by atoms with Crippen molar-refractivity contribution in [1.29, 1.82) is 0 Å². The zero-order valence-corrected chi connectivity index (χ0v) is 33.0. The number of nitrogens with zero attached hydrogens (tertiary/aromatic N) is 1. The van der Waals surface area contributed by atoms with Gasteiger partial charge in [-0.15, -0.1) is 13.2 Å². The highest BCUT2D eigenvalue weighted by Gasteiger charge is 2.35. The standard InChI is InChI=1S/C47H53N3O8/c1-4-6-26-41(49-47(55)57-31-40-38-24-15-13-22-36(38)37-23-14-16-25-39(37)40)46(54)58-44(34-20-11-8-12-21-34)42(32-56-3)48-45(53)35(17-5-2)29-43(52)50(27-28-51)30-33-18-9-7-10-19-33/h4-5,7-16,18-25,35,40-42,44,51H,1-2,6,17,26-32H2,3H3,(H,48,53)(H,49,55)/t35-,41-,42-,44-/m0/s1. The van der Waals surface area contributed by atoms with E-state index in [2.05, 4.69) is 35.9 Å². The normalized spacial score (nSPS) is 13.8. The Kier molecular flexibility index (Phi) is 16.4. The first-order chi connectivity index (χ1) is 28.3. The van der Waals surface area contributed by atoms with E-state index in [1.54, 1.807) is 36.4 Å². The Morgan fingerprint density at radius 2 is 1.45 bits per heavy atom. The zero-order chi connectivity index (χ0) is 41.3. The number of methoxy groups -OCH3 is 1. The van der Waals surface area contributed by atoms with Crippen LogP contribution < -0.4 is 10.6 Å². The van der Waals surface area contributed by atoms with Crippen LogP contribution in [0, 0.1) is 5.92 Å². The van der Waals surface area contributed by atoms with Crippen LogP contribution in [0.15, 0.2) is 135 Å². The Morgan fingerprint density at radius 3 is 2.05 bits per heavy atom. The maximum atomic E-state index is 14.1. The van der Waals surface area contributed by atoms with Gasteiger partial charge in [-0.25, -0.2) is 9.59 Å². The minimum absolute atomic E-state index is 0.0465. The van der Waals surface area contributed by atoms with Crippen LogP contribution in [-0.2, 0) is 35.1 Å². The highest BCUT2D eigenvalue weighted by molar-refractivity contribution is 5.86. The Labute approximate surface area is 340 Å². The predicted molar refractivity (Wildman–Crippen MR) is 222 cm³/mol. The van der Waals surface area contributed by atoms with Crippen molar-refractivity contribution in [3.8, 4) is 11.1 Å². The van der Waals surface area contributed by atoms with Crippen LogP contribution >= 0.6 is 0 Å². The monoisotopic (exact) mass is 787 g/mol. The lowest BCUT2D eigenvalue weighted by molar-refractivity contribution is -0.155. The maximum absolute atomic E-state index is 14.1. The van der Waals surface area contributed by atoms with Gasteiger partial charge in [0.15, 0.2) is 0 Å². The molecule has 5 rings (SSSR count). The molecule has 0 radical (unpaired) electrons. The minimum atomic E-state index is -1.10. The second kappa shape index (κ2) is 22.0. The van der Waals surface area contributed by atoms with Gasteiger partial charge in [-0.2, -0.15) is 0 Å². The SMILES string of the molecule is C=CCC[C@H](NC(=O)OCC1c2ccccc2-c2ccccc21)C(=O)O[C@@H](c1ccccc1)[C@H](COC)NC(=O)[C@@H](CC=C)CC(=O)N(CCO)Cc1ccccc1. The summed E-state index contributed by atoms with van der Waals surface area (Å²) in [6.07, 6.45) is 2.03. The summed E-state index contributed by atoms with van der Waals surface area (Å²) in [5.74, 6) is -2.49. The second-order valence-corrected chi connectivity index (χ2v) is 14.2. The molecule has 0 unspecified atom stereocenters. The lowest BCUT2D eigenvalue weighted by Crippen LogP contribution is -2.49. The number of hydrogen-bond acceptors (Lipinski definition) is 8. The molecule has 1 aliphatic carbocycles. The van der Waals surface area contributed by atoms with Crippen LogP contribution in [0.5, 0.6) is 0 Å². The van der Waals surface area contributed by atoms with Gasteiger partial charge in [0.25, 0.3) is 0 Å². The third-order valence-electron chi connectivity index (χ3n) is 10.2. The van der Waals surface area contributed by atoms with Crippen molar-refractivity contribution in [1.82, 2.24) is 15.5 Å². The van der Waals surface area contributed by atoms with E-state index in [4.69, 9.17) is 14.2 Å². The quantitative estimate of drug-likeness (QED) is 0.0578. The van der Waals surface area contributed by atoms with E-state index in [9.17, 15) is 24.3 Å². The van der Waals surface area contributed by atoms with Crippen molar-refractivity contribution >= 4 is 23.9 Å². The number of benzene rings is 4. The fourth-order valence-corrected chi connectivity index (χ4v) is 7.27. The summed E-state index contributed by atoms with van der Waals surface area (Å²) in [6.45, 7) is 7.75. The number of carbonyl (C=O) groups is 4.